The van der Waals surface area contributed by atoms with Gasteiger partial charge < -0.3 is 9.84 Å². The van der Waals surface area contributed by atoms with E-state index in [9.17, 15) is 31.1 Å². The highest BCUT2D eigenvalue weighted by Crippen LogP contribution is 2.39. The van der Waals surface area contributed by atoms with Crippen molar-refractivity contribution in [2.75, 3.05) is 5.32 Å². The van der Waals surface area contributed by atoms with Gasteiger partial charge in [-0.2, -0.15) is 31.4 Å². The summed E-state index contributed by atoms with van der Waals surface area (Å²) < 4.78 is 85.6. The standard InChI is InChI=1S/C22H15F6N5O2/c1-12(16-5-4-14(21(23,24)25)7-17(16)22(26,27)28)33-11-15(10-30-33)31-20(34)18-8-19(35-32-18)13-3-2-6-29-9-13/h2-12H,1H3,(H,31,34). The third kappa shape index (κ3) is 5.18. The largest absolute Gasteiger partial charge is 0.416 e. The molecule has 0 aliphatic rings. The second-order valence-electron chi connectivity index (χ2n) is 7.45. The Bertz CT molecular complexity index is 1340. The maximum absolute atomic E-state index is 13.5. The van der Waals surface area contributed by atoms with Crippen molar-refractivity contribution in [3.05, 3.63) is 83.6 Å². The van der Waals surface area contributed by atoms with Gasteiger partial charge in [0.15, 0.2) is 11.5 Å². The molecule has 1 unspecified atom stereocenters. The minimum atomic E-state index is -5.02. The van der Waals surface area contributed by atoms with Crippen LogP contribution < -0.4 is 5.32 Å². The molecule has 3 heterocycles. The number of benzene rings is 1. The van der Waals surface area contributed by atoms with Crippen LogP contribution in [0.2, 0.25) is 0 Å². The van der Waals surface area contributed by atoms with Crippen LogP contribution in [0, 0.1) is 0 Å². The molecule has 35 heavy (non-hydrogen) atoms. The van der Waals surface area contributed by atoms with Crippen molar-refractivity contribution in [3.63, 3.8) is 0 Å². The number of rotatable bonds is 5. The van der Waals surface area contributed by atoms with Gasteiger partial charge in [0, 0.05) is 30.2 Å². The molecule has 0 aliphatic carbocycles. The van der Waals surface area contributed by atoms with E-state index < -0.39 is 41.0 Å². The van der Waals surface area contributed by atoms with Crippen molar-refractivity contribution in [2.45, 2.75) is 25.3 Å². The molecule has 0 aliphatic heterocycles. The molecule has 182 valence electrons. The number of halogens is 6. The number of alkyl halides is 6. The molecule has 0 bridgehead atoms. The van der Waals surface area contributed by atoms with Gasteiger partial charge in [-0.05, 0) is 36.8 Å². The Kier molecular flexibility index (Phi) is 6.09. The summed E-state index contributed by atoms with van der Waals surface area (Å²) in [6.45, 7) is 1.34. The van der Waals surface area contributed by atoms with Crippen LogP contribution in [0.4, 0.5) is 32.0 Å². The number of nitrogens with zero attached hydrogens (tertiary/aromatic N) is 4. The van der Waals surface area contributed by atoms with Gasteiger partial charge in [0.2, 0.25) is 0 Å². The lowest BCUT2D eigenvalue weighted by Crippen LogP contribution is -2.17. The van der Waals surface area contributed by atoms with Gasteiger partial charge in [-0.15, -0.1) is 0 Å². The SMILES string of the molecule is CC(c1ccc(C(F)(F)F)cc1C(F)(F)F)n1cc(NC(=O)c2cc(-c3cccnc3)on2)cn1. The Morgan fingerprint density at radius 3 is 2.49 bits per heavy atom. The molecular formula is C22H15F6N5O2. The highest BCUT2D eigenvalue weighted by molar-refractivity contribution is 6.03. The van der Waals surface area contributed by atoms with Gasteiger partial charge in [0.05, 0.1) is 29.1 Å². The van der Waals surface area contributed by atoms with Gasteiger partial charge in [-0.25, -0.2) is 0 Å². The smallest absolute Gasteiger partial charge is 0.355 e. The van der Waals surface area contributed by atoms with Crippen molar-refractivity contribution in [1.82, 2.24) is 19.9 Å². The number of hydrogen-bond acceptors (Lipinski definition) is 5. The van der Waals surface area contributed by atoms with Crippen LogP contribution in [0.5, 0.6) is 0 Å². The zero-order valence-corrected chi connectivity index (χ0v) is 17.7. The van der Waals surface area contributed by atoms with Crippen molar-refractivity contribution >= 4 is 11.6 Å². The molecule has 1 amide bonds. The summed E-state index contributed by atoms with van der Waals surface area (Å²) in [5.74, 6) is -0.365. The molecular weight excluding hydrogens is 480 g/mol. The van der Waals surface area contributed by atoms with Gasteiger partial charge in [-0.3, -0.25) is 14.5 Å². The number of pyridine rings is 1. The highest BCUT2D eigenvalue weighted by Gasteiger charge is 2.39. The molecule has 0 fully saturated rings. The molecule has 7 nitrogen and oxygen atoms in total. The molecule has 0 radical (unpaired) electrons. The zero-order valence-electron chi connectivity index (χ0n) is 17.7. The average molecular weight is 495 g/mol. The maximum atomic E-state index is 13.5. The number of nitrogens with one attached hydrogen (secondary N) is 1. The summed E-state index contributed by atoms with van der Waals surface area (Å²) in [6.07, 6.45) is -4.42. The summed E-state index contributed by atoms with van der Waals surface area (Å²) in [7, 11) is 0. The number of anilines is 1. The Labute approximate surface area is 193 Å². The molecule has 4 rings (SSSR count). The first-order chi connectivity index (χ1) is 16.4. The van der Waals surface area contributed by atoms with E-state index in [0.29, 0.717) is 17.4 Å². The Balaban J connectivity index is 1.54. The van der Waals surface area contributed by atoms with E-state index in [1.807, 2.05) is 0 Å². The summed E-state index contributed by atoms with van der Waals surface area (Å²) in [5.41, 5.74) is -2.58. The Morgan fingerprint density at radius 2 is 1.83 bits per heavy atom. The molecule has 1 aromatic carbocycles. The monoisotopic (exact) mass is 495 g/mol. The lowest BCUT2D eigenvalue weighted by molar-refractivity contribution is -0.143. The molecule has 13 heteroatoms. The number of hydrogen-bond donors (Lipinski definition) is 1. The van der Waals surface area contributed by atoms with Crippen LogP contribution in [-0.4, -0.2) is 25.8 Å². The van der Waals surface area contributed by atoms with E-state index in [1.54, 1.807) is 18.3 Å². The number of amides is 1. The molecule has 1 N–H and O–H groups in total. The summed E-state index contributed by atoms with van der Waals surface area (Å²) >= 11 is 0. The molecule has 0 saturated heterocycles. The molecule has 3 aromatic heterocycles. The maximum Gasteiger partial charge on any atom is 0.416 e. The topological polar surface area (TPSA) is 85.8 Å². The van der Waals surface area contributed by atoms with E-state index in [4.69, 9.17) is 4.52 Å². The quantitative estimate of drug-likeness (QED) is 0.352. The van der Waals surface area contributed by atoms with Crippen LogP contribution >= 0.6 is 0 Å². The fourth-order valence-electron chi connectivity index (χ4n) is 3.32. The Hall–Kier alpha value is -4.16. The lowest BCUT2D eigenvalue weighted by Gasteiger charge is -2.20. The summed E-state index contributed by atoms with van der Waals surface area (Å²) in [5, 5.41) is 10.1. The van der Waals surface area contributed by atoms with E-state index in [1.165, 1.54) is 31.6 Å². The van der Waals surface area contributed by atoms with Gasteiger partial charge in [0.1, 0.15) is 0 Å². The van der Waals surface area contributed by atoms with Crippen LogP contribution in [0.25, 0.3) is 11.3 Å². The molecule has 4 aromatic rings. The molecule has 1 atom stereocenters. The Morgan fingerprint density at radius 1 is 1.06 bits per heavy atom. The second-order valence-corrected chi connectivity index (χ2v) is 7.45. The number of carbonyl (C=O) groups excluding carboxylic acids is 1. The normalized spacial score (nSPS) is 13.0. The first-order valence-electron chi connectivity index (χ1n) is 9.94. The second kappa shape index (κ2) is 8.89. The average Bonchev–Trinajstić information content (AvgIpc) is 3.48. The predicted molar refractivity (Wildman–Crippen MR) is 110 cm³/mol. The minimum Gasteiger partial charge on any atom is -0.355 e. The molecule has 0 spiro atoms. The van der Waals surface area contributed by atoms with Crippen LogP contribution in [-0.2, 0) is 12.4 Å². The molecule has 0 saturated carbocycles. The van der Waals surface area contributed by atoms with Crippen molar-refractivity contribution < 1.29 is 35.7 Å². The minimum absolute atomic E-state index is 0.0632. The van der Waals surface area contributed by atoms with E-state index in [-0.39, 0.29) is 17.4 Å². The third-order valence-electron chi connectivity index (χ3n) is 5.08. The fourth-order valence-corrected chi connectivity index (χ4v) is 3.32. The van der Waals surface area contributed by atoms with Gasteiger partial charge in [-0.1, -0.05) is 11.2 Å². The predicted octanol–water partition coefficient (Wildman–Crippen LogP) is 5.83. The van der Waals surface area contributed by atoms with Gasteiger partial charge in [0.25, 0.3) is 5.91 Å². The van der Waals surface area contributed by atoms with Crippen LogP contribution in [0.3, 0.4) is 0 Å². The fraction of sp³-hybridized carbons (Fsp3) is 0.182. The van der Waals surface area contributed by atoms with Gasteiger partial charge >= 0.3 is 12.4 Å². The van der Waals surface area contributed by atoms with Crippen molar-refractivity contribution in [3.8, 4) is 11.3 Å². The van der Waals surface area contributed by atoms with E-state index in [0.717, 1.165) is 10.7 Å². The van der Waals surface area contributed by atoms with Crippen molar-refractivity contribution in [1.29, 1.82) is 0 Å². The first kappa shape index (κ1) is 24.0. The third-order valence-corrected chi connectivity index (χ3v) is 5.08. The van der Waals surface area contributed by atoms with Crippen LogP contribution in [0.15, 0.2) is 65.7 Å². The highest BCUT2D eigenvalue weighted by atomic mass is 19.4. The summed E-state index contributed by atoms with van der Waals surface area (Å²) in [6, 6.07) is 5.09. The number of aromatic nitrogens is 4. The summed E-state index contributed by atoms with van der Waals surface area (Å²) in [4.78, 5) is 16.4. The van der Waals surface area contributed by atoms with Crippen molar-refractivity contribution in [2.24, 2.45) is 0 Å². The lowest BCUT2D eigenvalue weighted by atomic mass is 9.98. The zero-order chi connectivity index (χ0) is 25.4. The first-order valence-corrected chi connectivity index (χ1v) is 9.94. The van der Waals surface area contributed by atoms with E-state index >= 15 is 0 Å². The number of carbonyl (C=O) groups is 1. The van der Waals surface area contributed by atoms with E-state index in [2.05, 4.69) is 20.6 Å². The van der Waals surface area contributed by atoms with Crippen LogP contribution in [0.1, 0.15) is 40.1 Å².